The van der Waals surface area contributed by atoms with Crippen molar-refractivity contribution in [3.63, 3.8) is 0 Å². The van der Waals surface area contributed by atoms with Crippen LogP contribution in [-0.4, -0.2) is 4.40 Å². The van der Waals surface area contributed by atoms with Crippen LogP contribution in [0.25, 0.3) is 38.1 Å². The van der Waals surface area contributed by atoms with Crippen LogP contribution in [0, 0.1) is 0 Å². The fourth-order valence-corrected chi connectivity index (χ4v) is 7.51. The van der Waals surface area contributed by atoms with E-state index in [2.05, 4.69) is 58.3 Å². The molecule has 2 aromatic heterocycles. The quantitative estimate of drug-likeness (QED) is 0.141. The van der Waals surface area contributed by atoms with Crippen LogP contribution in [0.4, 0.5) is 34.1 Å². The second kappa shape index (κ2) is 10.8. The third kappa shape index (κ3) is 4.02. The van der Waals surface area contributed by atoms with E-state index in [1.807, 2.05) is 101 Å². The molecule has 0 saturated carbocycles. The number of anilines is 6. The highest BCUT2D eigenvalue weighted by atomic mass is 16.5. The monoisotopic (exact) mass is 645 g/mol. The molecule has 236 valence electrons. The molecule has 0 aliphatic carbocycles. The molecule has 0 N–H and O–H groups in total. The lowest BCUT2D eigenvalue weighted by Crippen LogP contribution is -2.19. The Balaban J connectivity index is 1.21. The van der Waals surface area contributed by atoms with Crippen molar-refractivity contribution in [2.75, 3.05) is 9.80 Å². The average Bonchev–Trinajstić information content (AvgIpc) is 3.18. The molecule has 0 saturated heterocycles. The fraction of sp³-hybridized carbons (Fsp3) is 0. The lowest BCUT2D eigenvalue weighted by molar-refractivity contribution is 0.482. The molecule has 7 aromatic carbocycles. The highest BCUT2D eigenvalue weighted by Gasteiger charge is 2.30. The first kappa shape index (κ1) is 28.1. The Kier molecular flexibility index (Phi) is 6.08. The summed E-state index contributed by atoms with van der Waals surface area (Å²) in [5, 5.41) is 2.06. The van der Waals surface area contributed by atoms with Crippen LogP contribution in [0.15, 0.2) is 173 Å². The number of pyridine rings is 2. The van der Waals surface area contributed by atoms with Crippen LogP contribution in [0.1, 0.15) is 0 Å². The van der Waals surface area contributed by atoms with E-state index in [4.69, 9.17) is 4.74 Å². The summed E-state index contributed by atoms with van der Waals surface area (Å²) in [6.45, 7) is 0. The van der Waals surface area contributed by atoms with Gasteiger partial charge in [-0.05, 0) is 97.1 Å². The van der Waals surface area contributed by atoms with E-state index in [0.717, 1.165) is 39.6 Å². The minimum atomic E-state index is -0.173. The van der Waals surface area contributed by atoms with Crippen LogP contribution in [-0.2, 0) is 0 Å². The Morgan fingerprint density at radius 2 is 1.06 bits per heavy atom. The summed E-state index contributed by atoms with van der Waals surface area (Å²) < 4.78 is 8.72. The van der Waals surface area contributed by atoms with E-state index in [1.54, 1.807) is 18.2 Å². The number of aromatic nitrogens is 1. The van der Waals surface area contributed by atoms with E-state index in [-0.39, 0.29) is 10.9 Å². The normalized spacial score (nSPS) is 12.3. The van der Waals surface area contributed by atoms with E-state index in [9.17, 15) is 9.59 Å². The molecule has 6 nitrogen and oxygen atoms in total. The summed E-state index contributed by atoms with van der Waals surface area (Å²) in [7, 11) is 0. The summed E-state index contributed by atoms with van der Waals surface area (Å²) in [4.78, 5) is 32.5. The summed E-state index contributed by atoms with van der Waals surface area (Å²) in [5.41, 5.74) is 7.48. The van der Waals surface area contributed by atoms with E-state index in [1.165, 1.54) is 0 Å². The van der Waals surface area contributed by atoms with Gasteiger partial charge < -0.3 is 18.9 Å². The van der Waals surface area contributed by atoms with Gasteiger partial charge in [0.2, 0.25) is 5.43 Å². The van der Waals surface area contributed by atoms with Crippen molar-refractivity contribution >= 4 is 72.2 Å². The number of para-hydroxylation sites is 6. The summed E-state index contributed by atoms with van der Waals surface area (Å²) >= 11 is 0. The SMILES string of the molecule is O=c1c2ccccc2n2c3ccc4c(c3c(=O)c3cccc1c32)Oc1ccccc1N4c1ccc(N(c2ccccc2)c2ccccc2)cc1. The van der Waals surface area contributed by atoms with Crippen molar-refractivity contribution < 1.29 is 4.74 Å². The standard InChI is InChI=1S/C44H27N3O3/c48-42-32-16-7-8-19-35(32)47-37-26-27-38-44(40(37)43(49)34-18-11-17-33(42)41(34)47)50-39-21-10-9-20-36(39)46(38)31-24-22-30(23-25-31)45(28-12-3-1-4-13-28)29-14-5-2-6-15-29/h1-27H. The van der Waals surface area contributed by atoms with Gasteiger partial charge in [-0.2, -0.15) is 0 Å². The zero-order valence-electron chi connectivity index (χ0n) is 26.7. The molecule has 9 aromatic rings. The first-order valence-electron chi connectivity index (χ1n) is 16.5. The molecular formula is C44H27N3O3. The molecule has 6 heteroatoms. The molecular weight excluding hydrogens is 619 g/mol. The molecule has 1 aliphatic heterocycles. The molecule has 0 amide bonds. The molecule has 0 bridgehead atoms. The van der Waals surface area contributed by atoms with Crippen LogP contribution < -0.4 is 25.4 Å². The Morgan fingerprint density at radius 3 is 1.80 bits per heavy atom. The Bertz CT molecular complexity index is 2850. The van der Waals surface area contributed by atoms with Gasteiger partial charge in [0, 0.05) is 38.9 Å². The average molecular weight is 646 g/mol. The van der Waals surface area contributed by atoms with Crippen LogP contribution in [0.2, 0.25) is 0 Å². The smallest absolute Gasteiger partial charge is 0.201 e. The zero-order valence-corrected chi connectivity index (χ0v) is 26.7. The Labute approximate surface area is 286 Å². The predicted molar refractivity (Wildman–Crippen MR) is 203 cm³/mol. The second-order valence-electron chi connectivity index (χ2n) is 12.4. The molecule has 0 fully saturated rings. The van der Waals surface area contributed by atoms with Crippen LogP contribution in [0.3, 0.4) is 0 Å². The zero-order chi connectivity index (χ0) is 33.3. The highest BCUT2D eigenvalue weighted by molar-refractivity contribution is 6.10. The number of benzene rings is 7. The highest BCUT2D eigenvalue weighted by Crippen LogP contribution is 2.53. The van der Waals surface area contributed by atoms with Gasteiger partial charge >= 0.3 is 0 Å². The maximum atomic E-state index is 14.5. The van der Waals surface area contributed by atoms with Crippen molar-refractivity contribution in [2.45, 2.75) is 0 Å². The maximum absolute atomic E-state index is 14.5. The van der Waals surface area contributed by atoms with Gasteiger partial charge in [0.25, 0.3) is 0 Å². The molecule has 0 radical (unpaired) electrons. The number of fused-ring (bicyclic) bond motifs is 7. The van der Waals surface area contributed by atoms with Gasteiger partial charge in [-0.3, -0.25) is 9.59 Å². The molecule has 1 aliphatic rings. The first-order chi connectivity index (χ1) is 24.7. The van der Waals surface area contributed by atoms with Crippen molar-refractivity contribution in [3.05, 3.63) is 184 Å². The lowest BCUT2D eigenvalue weighted by Gasteiger charge is -2.34. The lowest BCUT2D eigenvalue weighted by atomic mass is 10.0. The van der Waals surface area contributed by atoms with E-state index < -0.39 is 0 Å². The van der Waals surface area contributed by atoms with Crippen molar-refractivity contribution in [1.82, 2.24) is 4.40 Å². The van der Waals surface area contributed by atoms with E-state index >= 15 is 0 Å². The minimum Gasteiger partial charge on any atom is -0.452 e. The van der Waals surface area contributed by atoms with Crippen molar-refractivity contribution in [3.8, 4) is 11.5 Å². The topological polar surface area (TPSA) is 54.3 Å². The van der Waals surface area contributed by atoms with Gasteiger partial charge in [-0.1, -0.05) is 66.7 Å². The van der Waals surface area contributed by atoms with Crippen LogP contribution in [0.5, 0.6) is 11.5 Å². The maximum Gasteiger partial charge on any atom is 0.201 e. The minimum absolute atomic E-state index is 0.0826. The van der Waals surface area contributed by atoms with Gasteiger partial charge in [-0.25, -0.2) is 0 Å². The van der Waals surface area contributed by atoms with Crippen LogP contribution >= 0.6 is 0 Å². The molecule has 0 atom stereocenters. The third-order valence-electron chi connectivity index (χ3n) is 9.68. The van der Waals surface area contributed by atoms with Gasteiger partial charge in [-0.15, -0.1) is 0 Å². The number of ether oxygens (including phenoxy) is 1. The Hall–Kier alpha value is -6.92. The summed E-state index contributed by atoms with van der Waals surface area (Å²) in [5.74, 6) is 1.13. The number of nitrogens with zero attached hydrogens (tertiary/aromatic N) is 3. The van der Waals surface area contributed by atoms with Gasteiger partial charge in [0.05, 0.1) is 33.3 Å². The van der Waals surface area contributed by atoms with Crippen molar-refractivity contribution in [2.24, 2.45) is 0 Å². The first-order valence-corrected chi connectivity index (χ1v) is 16.5. The fourth-order valence-electron chi connectivity index (χ4n) is 7.51. The number of hydrogen-bond acceptors (Lipinski definition) is 5. The molecule has 3 heterocycles. The largest absolute Gasteiger partial charge is 0.452 e. The predicted octanol–water partition coefficient (Wildman–Crippen LogP) is 10.6. The second-order valence-corrected chi connectivity index (χ2v) is 12.4. The van der Waals surface area contributed by atoms with Gasteiger partial charge in [0.15, 0.2) is 16.9 Å². The summed E-state index contributed by atoms with van der Waals surface area (Å²) in [6, 6.07) is 53.9. The molecule has 50 heavy (non-hydrogen) atoms. The summed E-state index contributed by atoms with van der Waals surface area (Å²) in [6.07, 6.45) is 0. The Morgan fingerprint density at radius 1 is 0.460 bits per heavy atom. The molecule has 0 unspecified atom stereocenters. The molecule has 10 rings (SSSR count). The van der Waals surface area contributed by atoms with Crippen molar-refractivity contribution in [1.29, 1.82) is 0 Å². The third-order valence-corrected chi connectivity index (χ3v) is 9.68. The van der Waals surface area contributed by atoms with Gasteiger partial charge in [0.1, 0.15) is 0 Å². The number of hydrogen-bond donors (Lipinski definition) is 0. The van der Waals surface area contributed by atoms with E-state index in [0.29, 0.717) is 44.1 Å². The molecule has 0 spiro atoms. The number of rotatable bonds is 4.